The van der Waals surface area contributed by atoms with Crippen molar-refractivity contribution < 1.29 is 4.79 Å². The number of carbonyl (C=O) groups is 1. The summed E-state index contributed by atoms with van der Waals surface area (Å²) in [6, 6.07) is 12.3. The molecule has 1 aromatic heterocycles. The Hall–Kier alpha value is -1.74. The maximum atomic E-state index is 12.7. The highest BCUT2D eigenvalue weighted by atomic mass is 35.5. The molecule has 128 valence electrons. The van der Waals surface area contributed by atoms with E-state index in [1.807, 2.05) is 30.3 Å². The molecule has 2 aromatic rings. The Morgan fingerprint density at radius 2 is 2.04 bits per heavy atom. The van der Waals surface area contributed by atoms with Crippen molar-refractivity contribution >= 4 is 17.5 Å². The maximum absolute atomic E-state index is 12.7. The van der Waals surface area contributed by atoms with Gasteiger partial charge in [-0.1, -0.05) is 36.7 Å². The van der Waals surface area contributed by atoms with Crippen LogP contribution in [0.15, 0.2) is 42.6 Å². The zero-order valence-electron chi connectivity index (χ0n) is 14.4. The van der Waals surface area contributed by atoms with Crippen molar-refractivity contribution in [1.29, 1.82) is 0 Å². The van der Waals surface area contributed by atoms with Crippen molar-refractivity contribution in [3.05, 3.63) is 58.9 Å². The van der Waals surface area contributed by atoms with Gasteiger partial charge in [0.05, 0.1) is 6.54 Å². The molecule has 24 heavy (non-hydrogen) atoms. The minimum atomic E-state index is 0.256. The van der Waals surface area contributed by atoms with Crippen LogP contribution in [-0.4, -0.2) is 21.4 Å². The smallest absolute Gasteiger partial charge is 0.226 e. The van der Waals surface area contributed by atoms with Crippen molar-refractivity contribution in [3.8, 4) is 0 Å². The number of hydrogen-bond acceptors (Lipinski definition) is 1. The first-order valence-corrected chi connectivity index (χ1v) is 9.15. The normalized spacial score (nSPS) is 15.3. The predicted octanol–water partition coefficient (Wildman–Crippen LogP) is 4.73. The Morgan fingerprint density at radius 1 is 1.29 bits per heavy atom. The van der Waals surface area contributed by atoms with Gasteiger partial charge in [-0.05, 0) is 49.9 Å². The van der Waals surface area contributed by atoms with Crippen LogP contribution >= 0.6 is 11.6 Å². The van der Waals surface area contributed by atoms with E-state index >= 15 is 0 Å². The summed E-state index contributed by atoms with van der Waals surface area (Å²) >= 11 is 6.29. The molecule has 0 spiro atoms. The number of carbonyl (C=O) groups excluding carboxylic acids is 1. The minimum Gasteiger partial charge on any atom is -0.345 e. The van der Waals surface area contributed by atoms with E-state index in [9.17, 15) is 4.79 Å². The molecular formula is C20H25ClN2O. The molecule has 3 rings (SSSR count). The van der Waals surface area contributed by atoms with Crippen molar-refractivity contribution in [2.24, 2.45) is 5.92 Å². The molecule has 0 N–H and O–H groups in total. The Bertz CT molecular complexity index is 705. The molecule has 4 heteroatoms. The zero-order chi connectivity index (χ0) is 17.1. The highest BCUT2D eigenvalue weighted by Crippen LogP contribution is 2.32. The summed E-state index contributed by atoms with van der Waals surface area (Å²) in [4.78, 5) is 14.7. The summed E-state index contributed by atoms with van der Waals surface area (Å²) < 4.78 is 2.19. The largest absolute Gasteiger partial charge is 0.345 e. The van der Waals surface area contributed by atoms with E-state index in [1.165, 1.54) is 0 Å². The summed E-state index contributed by atoms with van der Waals surface area (Å²) in [7, 11) is 0. The third kappa shape index (κ3) is 3.84. The molecule has 0 saturated heterocycles. The standard InChI is InChI=1S/C20H25ClN2O/c1-3-15(2)23(20(24)16-10-11-16)14-18-8-6-12-22(18)13-17-7-4-5-9-19(17)21/h4-9,12,15-16H,3,10-11,13-14H2,1-2H3. The number of halogens is 1. The number of benzene rings is 1. The van der Waals surface area contributed by atoms with E-state index in [0.717, 1.165) is 42.1 Å². The summed E-state index contributed by atoms with van der Waals surface area (Å²) in [6.07, 6.45) is 5.14. The van der Waals surface area contributed by atoms with Crippen LogP contribution in [0.2, 0.25) is 5.02 Å². The fourth-order valence-electron chi connectivity index (χ4n) is 2.97. The molecule has 1 aliphatic carbocycles. The lowest BCUT2D eigenvalue weighted by Crippen LogP contribution is -2.39. The summed E-state index contributed by atoms with van der Waals surface area (Å²) in [6.45, 7) is 5.68. The van der Waals surface area contributed by atoms with Gasteiger partial charge in [-0.25, -0.2) is 0 Å². The van der Waals surface area contributed by atoms with Gasteiger partial charge in [-0.3, -0.25) is 4.79 Å². The van der Waals surface area contributed by atoms with E-state index in [2.05, 4.69) is 35.6 Å². The average Bonchev–Trinajstić information content (AvgIpc) is 3.35. The molecule has 0 bridgehead atoms. The summed E-state index contributed by atoms with van der Waals surface area (Å²) in [5.74, 6) is 0.570. The monoisotopic (exact) mass is 344 g/mol. The first-order chi connectivity index (χ1) is 11.6. The van der Waals surface area contributed by atoms with Gasteiger partial charge in [0.1, 0.15) is 0 Å². The second-order valence-electron chi connectivity index (χ2n) is 6.72. The molecule has 1 heterocycles. The molecular weight excluding hydrogens is 320 g/mol. The van der Waals surface area contributed by atoms with Crippen LogP contribution in [0.25, 0.3) is 0 Å². The molecule has 1 aromatic carbocycles. The van der Waals surface area contributed by atoms with Gasteiger partial charge in [0.25, 0.3) is 0 Å². The number of rotatable bonds is 7. The summed E-state index contributed by atoms with van der Waals surface area (Å²) in [5.41, 5.74) is 2.25. The molecule has 0 aliphatic heterocycles. The zero-order valence-corrected chi connectivity index (χ0v) is 15.2. The third-order valence-corrected chi connectivity index (χ3v) is 5.26. The number of amides is 1. The minimum absolute atomic E-state index is 0.256. The summed E-state index contributed by atoms with van der Waals surface area (Å²) in [5, 5.41) is 0.782. The predicted molar refractivity (Wildman–Crippen MR) is 98.0 cm³/mol. The lowest BCUT2D eigenvalue weighted by atomic mass is 10.1. The molecule has 1 fully saturated rings. The van der Waals surface area contributed by atoms with Crippen LogP contribution in [0.1, 0.15) is 44.4 Å². The quantitative estimate of drug-likeness (QED) is 0.713. The third-order valence-electron chi connectivity index (χ3n) is 4.89. The van der Waals surface area contributed by atoms with Crippen molar-refractivity contribution in [3.63, 3.8) is 0 Å². The van der Waals surface area contributed by atoms with E-state index in [4.69, 9.17) is 11.6 Å². The molecule has 1 amide bonds. The van der Waals surface area contributed by atoms with Gasteiger partial charge in [-0.15, -0.1) is 0 Å². The first-order valence-electron chi connectivity index (χ1n) is 8.78. The van der Waals surface area contributed by atoms with Crippen LogP contribution in [0.3, 0.4) is 0 Å². The Morgan fingerprint density at radius 3 is 2.71 bits per heavy atom. The topological polar surface area (TPSA) is 25.2 Å². The fourth-order valence-corrected chi connectivity index (χ4v) is 3.16. The average molecular weight is 345 g/mol. The van der Waals surface area contributed by atoms with Gasteiger partial charge >= 0.3 is 0 Å². The highest BCUT2D eigenvalue weighted by molar-refractivity contribution is 6.31. The molecule has 0 radical (unpaired) electrons. The van der Waals surface area contributed by atoms with E-state index in [0.29, 0.717) is 12.5 Å². The molecule has 1 aliphatic rings. The number of nitrogens with zero attached hydrogens (tertiary/aromatic N) is 2. The molecule has 1 atom stereocenters. The van der Waals surface area contributed by atoms with Gasteiger partial charge in [0, 0.05) is 35.4 Å². The van der Waals surface area contributed by atoms with Crippen LogP contribution in [-0.2, 0) is 17.9 Å². The van der Waals surface area contributed by atoms with Crippen LogP contribution in [0.5, 0.6) is 0 Å². The van der Waals surface area contributed by atoms with Crippen LogP contribution in [0.4, 0.5) is 0 Å². The SMILES string of the molecule is CCC(C)N(Cc1cccn1Cc1ccccc1Cl)C(=O)C1CC1. The highest BCUT2D eigenvalue weighted by Gasteiger charge is 2.35. The van der Waals surface area contributed by atoms with Gasteiger partial charge in [-0.2, -0.15) is 0 Å². The van der Waals surface area contributed by atoms with Crippen molar-refractivity contribution in [2.75, 3.05) is 0 Å². The van der Waals surface area contributed by atoms with E-state index < -0.39 is 0 Å². The lowest BCUT2D eigenvalue weighted by molar-refractivity contribution is -0.135. The Kier molecular flexibility index (Phi) is 5.30. The lowest BCUT2D eigenvalue weighted by Gasteiger charge is -2.29. The van der Waals surface area contributed by atoms with Gasteiger partial charge in [0.15, 0.2) is 0 Å². The van der Waals surface area contributed by atoms with E-state index in [1.54, 1.807) is 0 Å². The maximum Gasteiger partial charge on any atom is 0.226 e. The van der Waals surface area contributed by atoms with Crippen molar-refractivity contribution in [1.82, 2.24) is 9.47 Å². The second-order valence-corrected chi connectivity index (χ2v) is 7.12. The van der Waals surface area contributed by atoms with Crippen molar-refractivity contribution in [2.45, 2.75) is 52.2 Å². The Labute approximate surface area is 149 Å². The fraction of sp³-hybridized carbons (Fsp3) is 0.450. The Balaban J connectivity index is 1.78. The van der Waals surface area contributed by atoms with Crippen LogP contribution in [0, 0.1) is 5.92 Å². The van der Waals surface area contributed by atoms with E-state index in [-0.39, 0.29) is 12.0 Å². The molecule has 1 unspecified atom stereocenters. The number of aromatic nitrogens is 1. The van der Waals surface area contributed by atoms with Crippen LogP contribution < -0.4 is 0 Å². The van der Waals surface area contributed by atoms with Gasteiger partial charge in [0.2, 0.25) is 5.91 Å². The molecule has 3 nitrogen and oxygen atoms in total. The molecule has 1 saturated carbocycles. The second kappa shape index (κ2) is 7.43. The first kappa shape index (κ1) is 17.1. The number of hydrogen-bond donors (Lipinski definition) is 0. The van der Waals surface area contributed by atoms with Gasteiger partial charge < -0.3 is 9.47 Å².